The highest BCUT2D eigenvalue weighted by Crippen LogP contribution is 2.36. The molecule has 2 aromatic carbocycles. The molecule has 0 saturated heterocycles. The minimum Gasteiger partial charge on any atom is -0.497 e. The van der Waals surface area contributed by atoms with Crippen LogP contribution in [0.2, 0.25) is 0 Å². The quantitative estimate of drug-likeness (QED) is 0.721. The summed E-state index contributed by atoms with van der Waals surface area (Å²) < 4.78 is 21.1. The van der Waals surface area contributed by atoms with Gasteiger partial charge < -0.3 is 18.9 Å². The zero-order chi connectivity index (χ0) is 18.8. The van der Waals surface area contributed by atoms with Gasteiger partial charge in [-0.1, -0.05) is 0 Å². The molecule has 0 spiro atoms. The Morgan fingerprint density at radius 2 is 1.81 bits per heavy atom. The second kappa shape index (κ2) is 7.16. The van der Waals surface area contributed by atoms with E-state index in [-0.39, 0.29) is 12.7 Å². The molecule has 1 aromatic heterocycles. The average Bonchev–Trinajstić information content (AvgIpc) is 3.36. The number of benzene rings is 2. The van der Waals surface area contributed by atoms with Crippen molar-refractivity contribution < 1.29 is 23.7 Å². The number of amides is 1. The maximum Gasteiger partial charge on any atom is 0.257 e. The van der Waals surface area contributed by atoms with E-state index in [0.717, 1.165) is 17.0 Å². The fourth-order valence-corrected chi connectivity index (χ4v) is 3.34. The molecule has 7 nitrogen and oxygen atoms in total. The van der Waals surface area contributed by atoms with Gasteiger partial charge >= 0.3 is 0 Å². The summed E-state index contributed by atoms with van der Waals surface area (Å²) in [5.41, 5.74) is 2.06. The predicted octanol–water partition coefficient (Wildman–Crippen LogP) is 3.81. The number of ether oxygens (including phenoxy) is 4. The average molecular weight is 384 g/mol. The number of fused-ring (bicyclic) bond motifs is 1. The fourth-order valence-electron chi connectivity index (χ4n) is 2.63. The molecule has 0 unspecified atom stereocenters. The monoisotopic (exact) mass is 384 g/mol. The molecule has 1 aliphatic heterocycles. The van der Waals surface area contributed by atoms with Gasteiger partial charge in [0.1, 0.15) is 11.5 Å². The number of nitrogens with one attached hydrogen (secondary N) is 1. The van der Waals surface area contributed by atoms with Gasteiger partial charge in [-0.25, -0.2) is 4.98 Å². The Labute approximate surface area is 159 Å². The lowest BCUT2D eigenvalue weighted by atomic mass is 10.1. The summed E-state index contributed by atoms with van der Waals surface area (Å²) in [5, 5.41) is 5.17. The Balaban J connectivity index is 1.53. The predicted molar refractivity (Wildman–Crippen MR) is 101 cm³/mol. The standard InChI is InChI=1S/C19H16N2O5S/c1-23-13-5-12(6-14(8-13)24-2)18(22)21-19-20-15(9-27-19)11-3-4-16-17(7-11)26-10-25-16/h3-9H,10H2,1-2H3,(H,20,21,22). The summed E-state index contributed by atoms with van der Waals surface area (Å²) in [6, 6.07) is 10.6. The van der Waals surface area contributed by atoms with E-state index in [2.05, 4.69) is 10.3 Å². The van der Waals surface area contributed by atoms with Gasteiger partial charge in [-0.15, -0.1) is 11.3 Å². The Morgan fingerprint density at radius 3 is 2.56 bits per heavy atom. The zero-order valence-electron chi connectivity index (χ0n) is 14.6. The smallest absolute Gasteiger partial charge is 0.257 e. The third-order valence-corrected chi connectivity index (χ3v) is 4.76. The molecule has 27 heavy (non-hydrogen) atoms. The van der Waals surface area contributed by atoms with Crippen molar-refractivity contribution in [3.05, 3.63) is 47.3 Å². The normalized spacial score (nSPS) is 11.9. The summed E-state index contributed by atoms with van der Waals surface area (Å²) in [7, 11) is 3.07. The van der Waals surface area contributed by atoms with Crippen LogP contribution in [0.25, 0.3) is 11.3 Å². The maximum atomic E-state index is 12.6. The summed E-state index contributed by atoms with van der Waals surface area (Å²) in [6.45, 7) is 0.223. The number of methoxy groups -OCH3 is 2. The third kappa shape index (κ3) is 3.52. The Hall–Kier alpha value is -3.26. The van der Waals surface area contributed by atoms with Crippen LogP contribution in [-0.2, 0) is 0 Å². The largest absolute Gasteiger partial charge is 0.497 e. The van der Waals surface area contributed by atoms with Crippen molar-refractivity contribution >= 4 is 22.4 Å². The molecule has 0 fully saturated rings. The van der Waals surface area contributed by atoms with E-state index >= 15 is 0 Å². The van der Waals surface area contributed by atoms with Gasteiger partial charge in [0.2, 0.25) is 6.79 Å². The minimum absolute atomic E-state index is 0.223. The molecule has 1 amide bonds. The van der Waals surface area contributed by atoms with E-state index in [4.69, 9.17) is 18.9 Å². The molecule has 138 valence electrons. The van der Waals surface area contributed by atoms with Gasteiger partial charge in [0.25, 0.3) is 5.91 Å². The van der Waals surface area contributed by atoms with Gasteiger partial charge in [0, 0.05) is 22.6 Å². The van der Waals surface area contributed by atoms with Crippen LogP contribution in [-0.4, -0.2) is 31.9 Å². The second-order valence-corrected chi connectivity index (χ2v) is 6.52. The molecule has 1 aliphatic rings. The molecule has 0 aliphatic carbocycles. The highest BCUT2D eigenvalue weighted by Gasteiger charge is 2.16. The lowest BCUT2D eigenvalue weighted by Crippen LogP contribution is -2.12. The fraction of sp³-hybridized carbons (Fsp3) is 0.158. The van der Waals surface area contributed by atoms with E-state index in [1.54, 1.807) is 18.2 Å². The summed E-state index contributed by atoms with van der Waals surface area (Å²) in [4.78, 5) is 17.0. The molecular weight excluding hydrogens is 368 g/mol. The first kappa shape index (κ1) is 17.2. The van der Waals surface area contributed by atoms with Crippen LogP contribution >= 0.6 is 11.3 Å². The van der Waals surface area contributed by atoms with Crippen molar-refractivity contribution in [1.82, 2.24) is 4.98 Å². The van der Waals surface area contributed by atoms with Crippen LogP contribution in [0, 0.1) is 0 Å². The lowest BCUT2D eigenvalue weighted by molar-refractivity contribution is 0.102. The summed E-state index contributed by atoms with van der Waals surface area (Å²) in [5.74, 6) is 2.20. The number of rotatable bonds is 5. The van der Waals surface area contributed by atoms with Gasteiger partial charge in [-0.05, 0) is 30.3 Å². The number of hydrogen-bond acceptors (Lipinski definition) is 7. The van der Waals surface area contributed by atoms with Crippen LogP contribution in [0.15, 0.2) is 41.8 Å². The lowest BCUT2D eigenvalue weighted by Gasteiger charge is -2.08. The third-order valence-electron chi connectivity index (χ3n) is 4.01. The topological polar surface area (TPSA) is 78.9 Å². The van der Waals surface area contributed by atoms with Crippen LogP contribution < -0.4 is 24.3 Å². The van der Waals surface area contributed by atoms with Crippen molar-refractivity contribution in [3.8, 4) is 34.3 Å². The molecule has 0 atom stereocenters. The first-order valence-electron chi connectivity index (χ1n) is 8.06. The zero-order valence-corrected chi connectivity index (χ0v) is 15.5. The summed E-state index contributed by atoms with van der Waals surface area (Å²) >= 11 is 1.34. The van der Waals surface area contributed by atoms with Crippen molar-refractivity contribution in [2.45, 2.75) is 0 Å². The number of anilines is 1. The van der Waals surface area contributed by atoms with Gasteiger partial charge in [-0.3, -0.25) is 10.1 Å². The van der Waals surface area contributed by atoms with E-state index in [1.807, 2.05) is 23.6 Å². The number of thiazole rings is 1. The molecular formula is C19H16N2O5S. The van der Waals surface area contributed by atoms with Gasteiger partial charge in [0.15, 0.2) is 16.6 Å². The van der Waals surface area contributed by atoms with E-state index in [9.17, 15) is 4.79 Å². The van der Waals surface area contributed by atoms with Crippen LogP contribution in [0.1, 0.15) is 10.4 Å². The molecule has 2 heterocycles. The SMILES string of the molecule is COc1cc(OC)cc(C(=O)Nc2nc(-c3ccc4c(c3)OCO4)cs2)c1. The molecule has 0 radical (unpaired) electrons. The second-order valence-electron chi connectivity index (χ2n) is 5.66. The Bertz CT molecular complexity index is 979. The Kier molecular flexibility index (Phi) is 4.55. The maximum absolute atomic E-state index is 12.6. The van der Waals surface area contributed by atoms with Crippen molar-refractivity contribution in [2.24, 2.45) is 0 Å². The highest BCUT2D eigenvalue weighted by molar-refractivity contribution is 7.14. The van der Waals surface area contributed by atoms with Crippen molar-refractivity contribution in [3.63, 3.8) is 0 Å². The number of nitrogens with zero attached hydrogens (tertiary/aromatic N) is 1. The first-order valence-corrected chi connectivity index (χ1v) is 8.94. The number of carbonyl (C=O) groups excluding carboxylic acids is 1. The van der Waals surface area contributed by atoms with E-state index in [1.165, 1.54) is 25.6 Å². The van der Waals surface area contributed by atoms with Crippen molar-refractivity contribution in [1.29, 1.82) is 0 Å². The number of carbonyl (C=O) groups is 1. The molecule has 8 heteroatoms. The Morgan fingerprint density at radius 1 is 1.07 bits per heavy atom. The minimum atomic E-state index is -0.293. The van der Waals surface area contributed by atoms with Crippen LogP contribution in [0.3, 0.4) is 0 Å². The number of hydrogen-bond donors (Lipinski definition) is 1. The van der Waals surface area contributed by atoms with Gasteiger partial charge in [0.05, 0.1) is 19.9 Å². The first-order chi connectivity index (χ1) is 13.2. The molecule has 4 rings (SSSR count). The molecule has 0 bridgehead atoms. The molecule has 1 N–H and O–H groups in total. The summed E-state index contributed by atoms with van der Waals surface area (Å²) in [6.07, 6.45) is 0. The van der Waals surface area contributed by atoms with E-state index in [0.29, 0.717) is 27.9 Å². The van der Waals surface area contributed by atoms with E-state index < -0.39 is 0 Å². The molecule has 0 saturated carbocycles. The van der Waals surface area contributed by atoms with Crippen molar-refractivity contribution in [2.75, 3.05) is 26.3 Å². The van der Waals surface area contributed by atoms with Crippen LogP contribution in [0.5, 0.6) is 23.0 Å². The molecule has 3 aromatic rings. The highest BCUT2D eigenvalue weighted by atomic mass is 32.1. The van der Waals surface area contributed by atoms with Gasteiger partial charge in [-0.2, -0.15) is 0 Å². The van der Waals surface area contributed by atoms with Crippen LogP contribution in [0.4, 0.5) is 5.13 Å². The number of aromatic nitrogens is 1.